The van der Waals surface area contributed by atoms with E-state index in [1.807, 2.05) is 0 Å². The van der Waals surface area contributed by atoms with E-state index in [0.717, 1.165) is 0 Å². The molecule has 0 amide bonds. The molecule has 0 unspecified atom stereocenters. The maximum absolute atomic E-state index is 2.50. The maximum atomic E-state index is 2.50. The van der Waals surface area contributed by atoms with Crippen LogP contribution in [0.3, 0.4) is 0 Å². The Morgan fingerprint density at radius 2 is 1.00 bits per heavy atom. The van der Waals surface area contributed by atoms with Gasteiger partial charge in [0, 0.05) is 0 Å². The Labute approximate surface area is 78.2 Å². The standard InChI is InChI=1S/2C5H10.Os/c2*1-5(2,3)4;/h2*1H,2-4H3;/q;;+2. The van der Waals surface area contributed by atoms with Crippen molar-refractivity contribution < 1.29 is 16.5 Å². The molecule has 0 aromatic rings. The summed E-state index contributed by atoms with van der Waals surface area (Å²) in [6.07, 6.45) is 0. The molecule has 0 aliphatic carbocycles. The minimum atomic E-state index is -0.0471. The van der Waals surface area contributed by atoms with E-state index in [-0.39, 0.29) is 16.5 Å². The van der Waals surface area contributed by atoms with Crippen molar-refractivity contribution in [1.82, 2.24) is 0 Å². The van der Waals surface area contributed by atoms with E-state index in [1.54, 1.807) is 0 Å². The van der Waals surface area contributed by atoms with Crippen LogP contribution in [0.25, 0.3) is 0 Å². The summed E-state index contributed by atoms with van der Waals surface area (Å²) in [6, 6.07) is 0. The predicted octanol–water partition coefficient (Wildman–Crippen LogP) is 2.77. The molecule has 0 aliphatic heterocycles. The van der Waals surface area contributed by atoms with Gasteiger partial charge >= 0.3 is 78.0 Å². The van der Waals surface area contributed by atoms with E-state index in [0.29, 0.717) is 10.8 Å². The van der Waals surface area contributed by atoms with Crippen molar-refractivity contribution in [3.63, 3.8) is 0 Å². The summed E-state index contributed by atoms with van der Waals surface area (Å²) >= 11 is -0.0471. The van der Waals surface area contributed by atoms with Crippen LogP contribution >= 0.6 is 0 Å². The molecule has 0 aliphatic rings. The number of rotatable bonds is 0. The Morgan fingerprint density at radius 3 is 1.18 bits per heavy atom. The van der Waals surface area contributed by atoms with Gasteiger partial charge in [-0.05, 0) is 0 Å². The fraction of sp³-hybridized carbons (Fsp3) is 0.800. The van der Waals surface area contributed by atoms with Gasteiger partial charge in [-0.3, -0.25) is 0 Å². The third-order valence-corrected chi connectivity index (χ3v) is 5.98. The molecule has 0 fully saturated rings. The number of hydrogen-bond donors (Lipinski definition) is 0. The topological polar surface area (TPSA) is 0 Å². The molecule has 0 nitrogen and oxygen atoms in total. The van der Waals surface area contributed by atoms with E-state index in [2.05, 4.69) is 50.7 Å². The first-order valence-electron chi connectivity index (χ1n) is 3.99. The first kappa shape index (κ1) is 11.4. The second kappa shape index (κ2) is 3.86. The van der Waals surface area contributed by atoms with Gasteiger partial charge in [-0.2, -0.15) is 0 Å². The Morgan fingerprint density at radius 1 is 0.727 bits per heavy atom. The van der Waals surface area contributed by atoms with Crippen molar-refractivity contribution in [1.29, 1.82) is 0 Å². The molecule has 0 rings (SSSR count). The van der Waals surface area contributed by atoms with Crippen molar-refractivity contribution in [3.8, 4) is 0 Å². The van der Waals surface area contributed by atoms with Gasteiger partial charge in [0.05, 0.1) is 0 Å². The summed E-state index contributed by atoms with van der Waals surface area (Å²) in [6.45, 7) is 13.6. The third-order valence-electron chi connectivity index (χ3n) is 0.730. The summed E-state index contributed by atoms with van der Waals surface area (Å²) < 4.78 is 5.00. The Hall–Kier alpha value is 0.376. The molecule has 1 heteroatoms. The van der Waals surface area contributed by atoms with Crippen LogP contribution in [0.15, 0.2) is 0 Å². The Bertz CT molecular complexity index is 152. The quantitative estimate of drug-likeness (QED) is 0.641. The zero-order valence-corrected chi connectivity index (χ0v) is 11.0. The van der Waals surface area contributed by atoms with E-state index in [9.17, 15) is 0 Å². The molecule has 0 atom stereocenters. The Kier molecular flexibility index (Phi) is 3.99. The van der Waals surface area contributed by atoms with Crippen molar-refractivity contribution in [2.24, 2.45) is 10.8 Å². The van der Waals surface area contributed by atoms with Crippen molar-refractivity contribution in [2.45, 2.75) is 41.5 Å². The summed E-state index contributed by atoms with van der Waals surface area (Å²) in [5, 5.41) is 0. The van der Waals surface area contributed by atoms with E-state index >= 15 is 0 Å². The molecule has 0 heterocycles. The molecule has 0 saturated carbocycles. The third kappa shape index (κ3) is 10.4. The fourth-order valence-electron chi connectivity index (χ4n) is 0.383. The van der Waals surface area contributed by atoms with Gasteiger partial charge in [0.1, 0.15) is 0 Å². The average Bonchev–Trinajstić information content (AvgIpc) is 1.55. The summed E-state index contributed by atoms with van der Waals surface area (Å²) in [5.74, 6) is 0. The Balaban J connectivity index is 4.25. The second-order valence-electron chi connectivity index (χ2n) is 5.05. The van der Waals surface area contributed by atoms with Gasteiger partial charge in [-0.25, -0.2) is 0 Å². The van der Waals surface area contributed by atoms with Crippen LogP contribution in [0.4, 0.5) is 0 Å². The average molecular weight is 331 g/mol. The monoisotopic (exact) mass is 332 g/mol. The molecule has 0 spiro atoms. The van der Waals surface area contributed by atoms with Crippen LogP contribution in [0.5, 0.6) is 0 Å². The first-order chi connectivity index (χ1) is 4.71. The van der Waals surface area contributed by atoms with Crippen LogP contribution in [-0.2, 0) is 16.5 Å². The zero-order chi connectivity index (χ0) is 9.12. The predicted molar refractivity (Wildman–Crippen MR) is 51.0 cm³/mol. The molecule has 66 valence electrons. The summed E-state index contributed by atoms with van der Waals surface area (Å²) in [5.41, 5.74) is 0.849. The molecule has 0 aromatic heterocycles. The van der Waals surface area contributed by atoms with Crippen molar-refractivity contribution in [2.75, 3.05) is 0 Å². The van der Waals surface area contributed by atoms with Crippen LogP contribution in [0.1, 0.15) is 41.5 Å². The van der Waals surface area contributed by atoms with Gasteiger partial charge in [-0.1, -0.05) is 0 Å². The second-order valence-corrected chi connectivity index (χ2v) is 7.37. The molecule has 0 bridgehead atoms. The molecule has 11 heavy (non-hydrogen) atoms. The normalized spacial score (nSPS) is 12.5. The van der Waals surface area contributed by atoms with Crippen LogP contribution in [0.2, 0.25) is 0 Å². The van der Waals surface area contributed by atoms with Gasteiger partial charge in [-0.15, -0.1) is 0 Å². The fourth-order valence-corrected chi connectivity index (χ4v) is 3.14. The van der Waals surface area contributed by atoms with Crippen LogP contribution in [-0.4, -0.2) is 9.14 Å². The number of hydrogen-bond acceptors (Lipinski definition) is 0. The summed E-state index contributed by atoms with van der Waals surface area (Å²) in [4.78, 5) is 0. The van der Waals surface area contributed by atoms with Gasteiger partial charge in [0.15, 0.2) is 0 Å². The molecular formula is C10H20Os+2. The van der Waals surface area contributed by atoms with E-state index in [1.165, 1.54) is 0 Å². The molecular weight excluding hydrogens is 310 g/mol. The molecule has 0 aromatic carbocycles. The van der Waals surface area contributed by atoms with E-state index in [4.69, 9.17) is 0 Å². The molecule has 0 saturated heterocycles. The van der Waals surface area contributed by atoms with Crippen molar-refractivity contribution >= 4 is 9.14 Å². The first-order valence-corrected chi connectivity index (χ1v) is 6.92. The zero-order valence-electron chi connectivity index (χ0n) is 8.51. The van der Waals surface area contributed by atoms with E-state index < -0.39 is 0 Å². The van der Waals surface area contributed by atoms with Gasteiger partial charge in [0.2, 0.25) is 0 Å². The SMILES string of the molecule is CC(C)(C)[CH]=[Os+2]=[CH]C(C)(C)C. The van der Waals surface area contributed by atoms with Crippen molar-refractivity contribution in [3.05, 3.63) is 0 Å². The van der Waals surface area contributed by atoms with Crippen LogP contribution < -0.4 is 0 Å². The molecule has 0 radical (unpaired) electrons. The molecule has 0 N–H and O–H groups in total. The van der Waals surface area contributed by atoms with Gasteiger partial charge < -0.3 is 0 Å². The van der Waals surface area contributed by atoms with Gasteiger partial charge in [0.25, 0.3) is 0 Å². The summed E-state index contributed by atoms with van der Waals surface area (Å²) in [7, 11) is 0. The van der Waals surface area contributed by atoms with Crippen LogP contribution in [0, 0.1) is 10.8 Å². The minimum absolute atomic E-state index is 0.0471.